The Bertz CT molecular complexity index is 735. The van der Waals surface area contributed by atoms with Gasteiger partial charge in [-0.1, -0.05) is 52.2 Å². The predicted molar refractivity (Wildman–Crippen MR) is 168 cm³/mol. The van der Waals surface area contributed by atoms with E-state index in [0.717, 1.165) is 70.6 Å². The first-order chi connectivity index (χ1) is 19.4. The third-order valence-corrected chi connectivity index (χ3v) is 6.21. The Morgan fingerprint density at radius 2 is 1.61 bits per heavy atom. The summed E-state index contributed by atoms with van der Waals surface area (Å²) in [4.78, 5) is 45.8. The molecule has 1 saturated carbocycles. The van der Waals surface area contributed by atoms with E-state index in [1.54, 1.807) is 20.8 Å². The molecule has 240 valence electrons. The van der Waals surface area contributed by atoms with E-state index in [4.69, 9.17) is 5.73 Å². The zero-order chi connectivity index (χ0) is 32.4. The molecule has 4 N–H and O–H groups in total. The summed E-state index contributed by atoms with van der Waals surface area (Å²) in [6, 6.07) is -0.167. The number of aldehydes is 1. The van der Waals surface area contributed by atoms with Crippen molar-refractivity contribution in [2.24, 2.45) is 29.2 Å². The van der Waals surface area contributed by atoms with E-state index < -0.39 is 11.7 Å². The minimum absolute atomic E-state index is 0.0973. The zero-order valence-corrected chi connectivity index (χ0v) is 27.3. The van der Waals surface area contributed by atoms with Crippen LogP contribution in [-0.4, -0.2) is 61.5 Å². The van der Waals surface area contributed by atoms with Gasteiger partial charge >= 0.3 is 12.1 Å². The zero-order valence-electron chi connectivity index (χ0n) is 27.3. The minimum atomic E-state index is -0.725. The maximum absolute atomic E-state index is 12.2. The Morgan fingerprint density at radius 3 is 2.00 bits per heavy atom. The van der Waals surface area contributed by atoms with Crippen LogP contribution < -0.4 is 11.5 Å². The van der Waals surface area contributed by atoms with Crippen molar-refractivity contribution in [3.63, 3.8) is 0 Å². The Morgan fingerprint density at radius 1 is 1.02 bits per heavy atom. The number of ether oxygens (including phenoxy) is 2. The highest BCUT2D eigenvalue weighted by Crippen LogP contribution is 2.39. The Labute approximate surface area is 250 Å². The molecule has 2 aliphatic rings. The summed E-state index contributed by atoms with van der Waals surface area (Å²) in [5.41, 5.74) is 8.76. The number of amides is 2. The number of nitrogens with zero attached hydrogens (tertiary/aromatic N) is 1. The molecule has 9 nitrogen and oxygen atoms in total. The van der Waals surface area contributed by atoms with Crippen LogP contribution in [0.1, 0.15) is 106 Å². The molecule has 9 heteroatoms. The Balaban J connectivity index is -0.000000569. The number of hydrogen-bond acceptors (Lipinski definition) is 7. The highest BCUT2D eigenvalue weighted by Gasteiger charge is 2.41. The van der Waals surface area contributed by atoms with Gasteiger partial charge in [-0.25, -0.2) is 4.79 Å². The van der Waals surface area contributed by atoms with Crippen LogP contribution in [0.5, 0.6) is 0 Å². The fourth-order valence-electron chi connectivity index (χ4n) is 4.25. The smallest absolute Gasteiger partial charge is 0.405 e. The molecule has 0 aromatic carbocycles. The van der Waals surface area contributed by atoms with E-state index in [0.29, 0.717) is 18.3 Å². The monoisotopic (exact) mass is 583 g/mol. The number of allylic oxidation sites excluding steroid dienone is 2. The molecule has 1 aliphatic heterocycles. The molecule has 2 amide bonds. The van der Waals surface area contributed by atoms with Crippen LogP contribution in [0, 0.1) is 17.8 Å². The summed E-state index contributed by atoms with van der Waals surface area (Å²) in [5.74, 6) is 1.10. The molecule has 4 unspecified atom stereocenters. The number of methoxy groups -OCH3 is 1. The second-order valence-electron chi connectivity index (χ2n) is 10.7. The summed E-state index contributed by atoms with van der Waals surface area (Å²) in [6.07, 6.45) is 14.0. The largest absolute Gasteiger partial charge is 0.469 e. The molecule has 2 fully saturated rings. The van der Waals surface area contributed by atoms with Crippen LogP contribution in [0.4, 0.5) is 4.79 Å². The molecule has 0 aromatic rings. The number of rotatable bonds is 12. The van der Waals surface area contributed by atoms with Crippen LogP contribution >= 0.6 is 0 Å². The second kappa shape index (κ2) is 26.2. The lowest BCUT2D eigenvalue weighted by Gasteiger charge is -2.20. The first kappa shape index (κ1) is 42.8. The molecule has 41 heavy (non-hydrogen) atoms. The number of unbranched alkanes of at least 4 members (excludes halogenated alkanes) is 4. The molecule has 4 atom stereocenters. The lowest BCUT2D eigenvalue weighted by molar-refractivity contribution is -0.142. The van der Waals surface area contributed by atoms with Gasteiger partial charge in [-0.05, 0) is 78.2 Å². The van der Waals surface area contributed by atoms with Gasteiger partial charge in [-0.2, -0.15) is 0 Å². The van der Waals surface area contributed by atoms with Crippen molar-refractivity contribution in [1.29, 1.82) is 0 Å². The summed E-state index contributed by atoms with van der Waals surface area (Å²) in [7, 11) is 2.92. The van der Waals surface area contributed by atoms with Gasteiger partial charge < -0.3 is 30.6 Å². The Kier molecular flexibility index (Phi) is 27.4. The molecule has 0 spiro atoms. The highest BCUT2D eigenvalue weighted by atomic mass is 16.6. The molecule has 0 radical (unpaired) electrons. The number of nitrogens with two attached hydrogens (primary N) is 2. The van der Waals surface area contributed by atoms with E-state index >= 15 is 0 Å². The predicted octanol–water partition coefficient (Wildman–Crippen LogP) is 6.19. The molecule has 1 heterocycles. The highest BCUT2D eigenvalue weighted by molar-refractivity contribution is 5.80. The van der Waals surface area contributed by atoms with Crippen LogP contribution in [0.15, 0.2) is 25.3 Å². The molecule has 1 aliphatic carbocycles. The minimum Gasteiger partial charge on any atom is -0.469 e. The van der Waals surface area contributed by atoms with Crippen molar-refractivity contribution in [2.75, 3.05) is 20.7 Å². The summed E-state index contributed by atoms with van der Waals surface area (Å²) in [5, 5.41) is 0. The first-order valence-electron chi connectivity index (χ1n) is 15.1. The van der Waals surface area contributed by atoms with E-state index in [2.05, 4.69) is 35.3 Å². The molecule has 2 rings (SSSR count). The van der Waals surface area contributed by atoms with Crippen molar-refractivity contribution in [1.82, 2.24) is 4.90 Å². The van der Waals surface area contributed by atoms with Crippen LogP contribution in [0.3, 0.4) is 0 Å². The van der Waals surface area contributed by atoms with Gasteiger partial charge in [-0.3, -0.25) is 9.59 Å². The lowest BCUT2D eigenvalue weighted by Crippen LogP contribution is -2.36. The SMILES string of the molecule is C=CC1CC1C(=O)OC.C=CCCCCCCC(=O)N1CC(CCC)CC1C=O.CC.CC(C)(C)OC(N)=O.CN. The normalized spacial score (nSPS) is 20.0. The van der Waals surface area contributed by atoms with Crippen molar-refractivity contribution >= 4 is 24.3 Å². The third kappa shape index (κ3) is 22.7. The summed E-state index contributed by atoms with van der Waals surface area (Å²) in [6.45, 7) is 19.5. The maximum Gasteiger partial charge on any atom is 0.405 e. The lowest BCUT2D eigenvalue weighted by atomic mass is 10.0. The van der Waals surface area contributed by atoms with Gasteiger partial charge in [0.25, 0.3) is 0 Å². The molecule has 1 saturated heterocycles. The van der Waals surface area contributed by atoms with Crippen molar-refractivity contribution < 1.29 is 28.7 Å². The fourth-order valence-corrected chi connectivity index (χ4v) is 4.25. The topological polar surface area (TPSA) is 142 Å². The van der Waals surface area contributed by atoms with Crippen molar-refractivity contribution in [3.05, 3.63) is 25.3 Å². The van der Waals surface area contributed by atoms with Crippen LogP contribution in [0.25, 0.3) is 0 Å². The molecular formula is C32H61N3O6. The number of likely N-dealkylation sites (tertiary alicyclic amines) is 1. The Hall–Kier alpha value is -2.68. The number of carbonyl (C=O) groups is 4. The third-order valence-electron chi connectivity index (χ3n) is 6.21. The fraction of sp³-hybridized carbons (Fsp3) is 0.750. The van der Waals surface area contributed by atoms with E-state index in [9.17, 15) is 19.2 Å². The van der Waals surface area contributed by atoms with Crippen LogP contribution in [-0.2, 0) is 23.9 Å². The molecule has 0 aromatic heterocycles. The number of hydrogen-bond donors (Lipinski definition) is 2. The molecule has 0 bridgehead atoms. The molecular weight excluding hydrogens is 522 g/mol. The quantitative estimate of drug-likeness (QED) is 0.121. The average molecular weight is 584 g/mol. The number of primary amides is 1. The van der Waals surface area contributed by atoms with Gasteiger partial charge in [0.05, 0.1) is 19.1 Å². The van der Waals surface area contributed by atoms with Gasteiger partial charge in [0, 0.05) is 13.0 Å². The van der Waals surface area contributed by atoms with Crippen LogP contribution in [0.2, 0.25) is 0 Å². The first-order valence-corrected chi connectivity index (χ1v) is 15.1. The van der Waals surface area contributed by atoms with Crippen molar-refractivity contribution in [2.45, 2.75) is 117 Å². The van der Waals surface area contributed by atoms with E-state index in [-0.39, 0.29) is 23.8 Å². The number of esters is 1. The summed E-state index contributed by atoms with van der Waals surface area (Å²) >= 11 is 0. The van der Waals surface area contributed by atoms with E-state index in [1.807, 2.05) is 30.9 Å². The average Bonchev–Trinajstić information content (AvgIpc) is 3.63. The van der Waals surface area contributed by atoms with Gasteiger partial charge in [0.1, 0.15) is 11.9 Å². The standard InChI is InChI=1S/C17H29NO2.C7H10O2.C5H11NO2.C2H6.CH5N/c1-3-5-6-7-8-9-11-17(20)18-13-15(10-4-2)12-16(18)14-19;1-3-5-4-6(5)7(8)9-2;1-5(2,3)8-4(6)7;2*1-2/h3,14-16H,1,4-13H2,2H3;3,5-6H,1,4H2,2H3;1-3H3,(H2,6,7);1-2H3;2H2,1H3. The number of carbonyl (C=O) groups excluding carboxylic acids is 4. The van der Waals surface area contributed by atoms with E-state index in [1.165, 1.54) is 14.2 Å². The maximum atomic E-state index is 12.2. The summed E-state index contributed by atoms with van der Waals surface area (Å²) < 4.78 is 9.10. The second-order valence-corrected chi connectivity index (χ2v) is 10.7. The van der Waals surface area contributed by atoms with Crippen molar-refractivity contribution in [3.8, 4) is 0 Å². The van der Waals surface area contributed by atoms with Gasteiger partial charge in [-0.15, -0.1) is 13.2 Å². The van der Waals surface area contributed by atoms with Gasteiger partial charge in [0.2, 0.25) is 5.91 Å². The van der Waals surface area contributed by atoms with Gasteiger partial charge in [0.15, 0.2) is 0 Å².